The molecule has 3 heteroatoms. The summed E-state index contributed by atoms with van der Waals surface area (Å²) in [5.41, 5.74) is 0. The predicted molar refractivity (Wildman–Crippen MR) is 64.8 cm³/mol. The van der Waals surface area contributed by atoms with Gasteiger partial charge in [-0.15, -0.1) is 0 Å². The Morgan fingerprint density at radius 2 is 1.93 bits per heavy atom. The molecule has 0 aromatic carbocycles. The number of aliphatic hydroxyl groups is 1. The number of allylic oxidation sites excluding steroid dienone is 1. The summed E-state index contributed by atoms with van der Waals surface area (Å²) in [6, 6.07) is 0. The Morgan fingerprint density at radius 1 is 1.33 bits per heavy atom. The molecule has 0 saturated heterocycles. The third-order valence-electron chi connectivity index (χ3n) is 1.56. The molecule has 15 heavy (non-hydrogen) atoms. The molecule has 0 bridgehead atoms. The van der Waals surface area contributed by atoms with E-state index in [4.69, 9.17) is 9.84 Å². The summed E-state index contributed by atoms with van der Waals surface area (Å²) in [6.45, 7) is 6.79. The average Bonchev–Trinajstić information content (AvgIpc) is 2.21. The lowest BCUT2D eigenvalue weighted by atomic mass is 10.4. The molecule has 0 rings (SSSR count). The summed E-state index contributed by atoms with van der Waals surface area (Å²) in [5, 5.41) is 8.07. The van der Waals surface area contributed by atoms with E-state index in [1.807, 2.05) is 0 Å². The van der Waals surface area contributed by atoms with Gasteiger partial charge in [0, 0.05) is 14.1 Å². The summed E-state index contributed by atoms with van der Waals surface area (Å²) < 4.78 is 4.80. The van der Waals surface area contributed by atoms with Gasteiger partial charge in [-0.2, -0.15) is 0 Å². The Morgan fingerprint density at radius 3 is 2.27 bits per heavy atom. The SMILES string of the molecule is C/C=C/C(=O)OCCCC.CCCCO.[HH]. The van der Waals surface area contributed by atoms with E-state index in [0.29, 0.717) is 13.2 Å². The second-order valence-electron chi connectivity index (χ2n) is 3.10. The number of ether oxygens (including phenoxy) is 1. The van der Waals surface area contributed by atoms with Crippen molar-refractivity contribution in [1.29, 1.82) is 0 Å². The van der Waals surface area contributed by atoms with Gasteiger partial charge in [0.15, 0.2) is 0 Å². The van der Waals surface area contributed by atoms with E-state index < -0.39 is 0 Å². The number of hydrogen-bond donors (Lipinski definition) is 1. The minimum atomic E-state index is -0.240. The average molecular weight is 218 g/mol. The molecular formula is C12H26O3. The Bertz CT molecular complexity index is 156. The molecule has 0 heterocycles. The Labute approximate surface area is 94.6 Å². The van der Waals surface area contributed by atoms with Crippen molar-refractivity contribution in [1.82, 2.24) is 0 Å². The van der Waals surface area contributed by atoms with Gasteiger partial charge in [0.05, 0.1) is 6.61 Å². The van der Waals surface area contributed by atoms with E-state index in [1.54, 1.807) is 13.0 Å². The van der Waals surface area contributed by atoms with E-state index in [9.17, 15) is 4.79 Å². The largest absolute Gasteiger partial charge is 0.463 e. The van der Waals surface area contributed by atoms with Crippen LogP contribution < -0.4 is 0 Å². The first-order valence-electron chi connectivity index (χ1n) is 5.63. The van der Waals surface area contributed by atoms with Crippen LogP contribution in [-0.4, -0.2) is 24.3 Å². The van der Waals surface area contributed by atoms with Crippen LogP contribution in [0, 0.1) is 0 Å². The number of carbonyl (C=O) groups is 1. The van der Waals surface area contributed by atoms with Gasteiger partial charge in [0.1, 0.15) is 0 Å². The molecule has 0 aliphatic carbocycles. The second-order valence-corrected chi connectivity index (χ2v) is 3.10. The fourth-order valence-electron chi connectivity index (χ4n) is 0.659. The minimum absolute atomic E-state index is 0. The summed E-state index contributed by atoms with van der Waals surface area (Å²) >= 11 is 0. The van der Waals surface area contributed by atoms with E-state index in [1.165, 1.54) is 6.08 Å². The number of unbranched alkanes of at least 4 members (excludes halogenated alkanes) is 2. The standard InChI is InChI=1S/C8H14O2.C4H10O.H2/c1-3-5-7-10-8(9)6-4-2;1-2-3-4-5;/h4,6H,3,5,7H2,1-2H3;5H,2-4H2,1H3;1H/b6-4+;;. The fraction of sp³-hybridized carbons (Fsp3) is 0.750. The van der Waals surface area contributed by atoms with Crippen LogP contribution in [0.15, 0.2) is 12.2 Å². The molecule has 0 radical (unpaired) electrons. The van der Waals surface area contributed by atoms with Crippen LogP contribution in [0.25, 0.3) is 0 Å². The Hall–Kier alpha value is -0.830. The van der Waals surface area contributed by atoms with Crippen LogP contribution >= 0.6 is 0 Å². The zero-order chi connectivity index (χ0) is 11.9. The van der Waals surface area contributed by atoms with Crippen molar-refractivity contribution in [3.8, 4) is 0 Å². The molecule has 0 saturated carbocycles. The maximum absolute atomic E-state index is 10.6. The molecule has 0 atom stereocenters. The first-order valence-corrected chi connectivity index (χ1v) is 5.63. The molecule has 0 aliphatic heterocycles. The van der Waals surface area contributed by atoms with Gasteiger partial charge in [0.2, 0.25) is 0 Å². The van der Waals surface area contributed by atoms with Gasteiger partial charge in [-0.25, -0.2) is 4.79 Å². The fourth-order valence-corrected chi connectivity index (χ4v) is 0.659. The summed E-state index contributed by atoms with van der Waals surface area (Å²) in [6.07, 6.45) is 7.15. The zero-order valence-corrected chi connectivity index (χ0v) is 10.2. The van der Waals surface area contributed by atoms with E-state index in [0.717, 1.165) is 25.7 Å². The highest BCUT2D eigenvalue weighted by molar-refractivity contribution is 5.81. The first kappa shape index (κ1) is 16.6. The predicted octanol–water partition coefficient (Wildman–Crippen LogP) is 2.93. The Kier molecular flexibility index (Phi) is 17.3. The molecule has 0 aromatic heterocycles. The smallest absolute Gasteiger partial charge is 0.330 e. The van der Waals surface area contributed by atoms with Crippen molar-refractivity contribution >= 4 is 5.97 Å². The van der Waals surface area contributed by atoms with E-state index in [-0.39, 0.29) is 7.40 Å². The van der Waals surface area contributed by atoms with Crippen molar-refractivity contribution in [2.75, 3.05) is 13.2 Å². The zero-order valence-electron chi connectivity index (χ0n) is 10.2. The van der Waals surface area contributed by atoms with Crippen LogP contribution in [0.1, 0.15) is 47.9 Å². The van der Waals surface area contributed by atoms with Crippen molar-refractivity contribution < 1.29 is 16.1 Å². The number of esters is 1. The highest BCUT2D eigenvalue weighted by Crippen LogP contribution is 1.89. The van der Waals surface area contributed by atoms with Gasteiger partial charge < -0.3 is 9.84 Å². The number of rotatable bonds is 6. The maximum atomic E-state index is 10.6. The van der Waals surface area contributed by atoms with E-state index >= 15 is 0 Å². The molecule has 0 amide bonds. The van der Waals surface area contributed by atoms with Gasteiger partial charge in [-0.05, 0) is 19.8 Å². The molecular weight excluding hydrogens is 192 g/mol. The summed E-state index contributed by atoms with van der Waals surface area (Å²) in [7, 11) is 0. The molecule has 1 N–H and O–H groups in total. The van der Waals surface area contributed by atoms with Crippen LogP contribution in [0.4, 0.5) is 0 Å². The molecule has 3 nitrogen and oxygen atoms in total. The van der Waals surface area contributed by atoms with Gasteiger partial charge >= 0.3 is 5.97 Å². The molecule has 92 valence electrons. The number of hydrogen-bond acceptors (Lipinski definition) is 3. The summed E-state index contributed by atoms with van der Waals surface area (Å²) in [5.74, 6) is -0.240. The quantitative estimate of drug-likeness (QED) is 0.423. The lowest BCUT2D eigenvalue weighted by molar-refractivity contribution is -0.137. The number of aliphatic hydroxyl groups excluding tert-OH is 1. The van der Waals surface area contributed by atoms with Crippen LogP contribution in [-0.2, 0) is 9.53 Å². The van der Waals surface area contributed by atoms with Gasteiger partial charge in [-0.3, -0.25) is 0 Å². The normalized spacial score (nSPS) is 9.60. The van der Waals surface area contributed by atoms with Crippen LogP contribution in [0.2, 0.25) is 0 Å². The van der Waals surface area contributed by atoms with Crippen molar-refractivity contribution in [3.05, 3.63) is 12.2 Å². The molecule has 0 unspecified atom stereocenters. The number of carbonyl (C=O) groups excluding carboxylic acids is 1. The van der Waals surface area contributed by atoms with Crippen LogP contribution in [0.5, 0.6) is 0 Å². The highest BCUT2D eigenvalue weighted by atomic mass is 16.5. The molecule has 0 aromatic rings. The Balaban J connectivity index is -0.000000242. The monoisotopic (exact) mass is 218 g/mol. The lowest BCUT2D eigenvalue weighted by Crippen LogP contribution is -2.01. The highest BCUT2D eigenvalue weighted by Gasteiger charge is 1.92. The minimum Gasteiger partial charge on any atom is -0.463 e. The molecule has 0 spiro atoms. The van der Waals surface area contributed by atoms with Gasteiger partial charge in [-0.1, -0.05) is 32.8 Å². The topological polar surface area (TPSA) is 46.5 Å². The first-order chi connectivity index (χ1) is 7.22. The second kappa shape index (κ2) is 15.6. The lowest BCUT2D eigenvalue weighted by Gasteiger charge is -1.97. The van der Waals surface area contributed by atoms with Crippen LogP contribution in [0.3, 0.4) is 0 Å². The molecule has 0 fully saturated rings. The van der Waals surface area contributed by atoms with Crippen molar-refractivity contribution in [3.63, 3.8) is 0 Å². The third-order valence-corrected chi connectivity index (χ3v) is 1.56. The summed E-state index contributed by atoms with van der Waals surface area (Å²) in [4.78, 5) is 10.6. The van der Waals surface area contributed by atoms with Gasteiger partial charge in [0.25, 0.3) is 0 Å². The van der Waals surface area contributed by atoms with E-state index in [2.05, 4.69) is 13.8 Å². The maximum Gasteiger partial charge on any atom is 0.330 e. The molecule has 0 aliphatic rings. The van der Waals surface area contributed by atoms with Crippen molar-refractivity contribution in [2.45, 2.75) is 46.5 Å². The van der Waals surface area contributed by atoms with Crippen molar-refractivity contribution in [2.24, 2.45) is 0 Å². The third kappa shape index (κ3) is 19.5.